The van der Waals surface area contributed by atoms with E-state index >= 15 is 0 Å². The lowest BCUT2D eigenvalue weighted by atomic mass is 9.96. The SMILES string of the molecule is CCCC(N)C(CC)N(C)C(C)C(C)C. The van der Waals surface area contributed by atoms with Crippen LogP contribution in [0.2, 0.25) is 0 Å². The van der Waals surface area contributed by atoms with Crippen LogP contribution in [-0.2, 0) is 0 Å². The Morgan fingerprint density at radius 2 is 1.67 bits per heavy atom. The lowest BCUT2D eigenvalue weighted by Crippen LogP contribution is -2.50. The van der Waals surface area contributed by atoms with Crippen molar-refractivity contribution in [3.8, 4) is 0 Å². The van der Waals surface area contributed by atoms with Crippen LogP contribution in [0.4, 0.5) is 0 Å². The van der Waals surface area contributed by atoms with E-state index in [0.29, 0.717) is 24.0 Å². The van der Waals surface area contributed by atoms with Gasteiger partial charge in [0.2, 0.25) is 0 Å². The minimum absolute atomic E-state index is 0.325. The topological polar surface area (TPSA) is 29.3 Å². The summed E-state index contributed by atoms with van der Waals surface area (Å²) in [6.45, 7) is 11.3. The first-order chi connectivity index (χ1) is 6.95. The molecule has 2 nitrogen and oxygen atoms in total. The maximum atomic E-state index is 6.24. The molecular formula is C13H30N2. The van der Waals surface area contributed by atoms with Gasteiger partial charge in [-0.1, -0.05) is 34.1 Å². The molecule has 0 aromatic rings. The molecule has 15 heavy (non-hydrogen) atoms. The van der Waals surface area contributed by atoms with Crippen LogP contribution < -0.4 is 5.73 Å². The monoisotopic (exact) mass is 214 g/mol. The van der Waals surface area contributed by atoms with Gasteiger partial charge in [-0.3, -0.25) is 4.90 Å². The summed E-state index contributed by atoms with van der Waals surface area (Å²) in [6, 6.07) is 1.46. The number of hydrogen-bond donors (Lipinski definition) is 1. The van der Waals surface area contributed by atoms with Crippen molar-refractivity contribution in [2.45, 2.75) is 72.0 Å². The summed E-state index contributed by atoms with van der Waals surface area (Å²) in [5, 5.41) is 0. The number of nitrogens with zero attached hydrogens (tertiary/aromatic N) is 1. The molecular weight excluding hydrogens is 184 g/mol. The largest absolute Gasteiger partial charge is 0.326 e. The molecule has 0 fully saturated rings. The van der Waals surface area contributed by atoms with Crippen molar-refractivity contribution < 1.29 is 0 Å². The molecule has 0 amide bonds. The second-order valence-corrected chi connectivity index (χ2v) is 5.08. The first kappa shape index (κ1) is 14.9. The van der Waals surface area contributed by atoms with Gasteiger partial charge in [-0.15, -0.1) is 0 Å². The highest BCUT2D eigenvalue weighted by molar-refractivity contribution is 4.82. The third-order valence-corrected chi connectivity index (χ3v) is 3.66. The molecule has 0 saturated heterocycles. The number of nitrogens with two attached hydrogens (primary N) is 1. The second kappa shape index (κ2) is 7.24. The third-order valence-electron chi connectivity index (χ3n) is 3.66. The molecule has 0 heterocycles. The average molecular weight is 214 g/mol. The minimum atomic E-state index is 0.325. The first-order valence-corrected chi connectivity index (χ1v) is 6.43. The molecule has 2 heteroatoms. The molecule has 0 aromatic carbocycles. The molecule has 2 N–H and O–H groups in total. The molecule has 0 radical (unpaired) electrons. The Morgan fingerprint density at radius 1 is 1.13 bits per heavy atom. The van der Waals surface area contributed by atoms with Gasteiger partial charge in [0.05, 0.1) is 0 Å². The molecule has 92 valence electrons. The fourth-order valence-electron chi connectivity index (χ4n) is 2.19. The van der Waals surface area contributed by atoms with Gasteiger partial charge in [0.15, 0.2) is 0 Å². The summed E-state index contributed by atoms with van der Waals surface area (Å²) < 4.78 is 0. The highest BCUT2D eigenvalue weighted by Gasteiger charge is 2.24. The Bertz CT molecular complexity index is 157. The Balaban J connectivity index is 4.38. The van der Waals surface area contributed by atoms with E-state index in [2.05, 4.69) is 46.6 Å². The number of hydrogen-bond acceptors (Lipinski definition) is 2. The molecule has 0 spiro atoms. The van der Waals surface area contributed by atoms with Gasteiger partial charge in [-0.05, 0) is 32.7 Å². The van der Waals surface area contributed by atoms with Gasteiger partial charge in [-0.25, -0.2) is 0 Å². The van der Waals surface area contributed by atoms with Gasteiger partial charge < -0.3 is 5.73 Å². The van der Waals surface area contributed by atoms with E-state index in [1.54, 1.807) is 0 Å². The van der Waals surface area contributed by atoms with Crippen LogP contribution >= 0.6 is 0 Å². The highest BCUT2D eigenvalue weighted by atomic mass is 15.2. The van der Waals surface area contributed by atoms with E-state index < -0.39 is 0 Å². The van der Waals surface area contributed by atoms with Crippen LogP contribution in [0.5, 0.6) is 0 Å². The van der Waals surface area contributed by atoms with Crippen molar-refractivity contribution in [1.82, 2.24) is 4.90 Å². The van der Waals surface area contributed by atoms with Crippen LogP contribution in [-0.4, -0.2) is 30.1 Å². The van der Waals surface area contributed by atoms with Crippen LogP contribution in [0.1, 0.15) is 53.9 Å². The Labute approximate surface area is 96.2 Å². The highest BCUT2D eigenvalue weighted by Crippen LogP contribution is 2.17. The van der Waals surface area contributed by atoms with E-state index in [4.69, 9.17) is 5.73 Å². The summed E-state index contributed by atoms with van der Waals surface area (Å²) >= 11 is 0. The zero-order valence-corrected chi connectivity index (χ0v) is 11.5. The zero-order chi connectivity index (χ0) is 12.0. The Morgan fingerprint density at radius 3 is 2.00 bits per heavy atom. The molecule has 0 aliphatic heterocycles. The van der Waals surface area contributed by atoms with Gasteiger partial charge >= 0.3 is 0 Å². The predicted octanol–water partition coefficient (Wildman–Crippen LogP) is 2.87. The summed E-state index contributed by atoms with van der Waals surface area (Å²) in [6.07, 6.45) is 3.46. The van der Waals surface area contributed by atoms with Gasteiger partial charge in [0, 0.05) is 18.1 Å². The van der Waals surface area contributed by atoms with E-state index in [1.165, 1.54) is 6.42 Å². The molecule has 3 unspecified atom stereocenters. The quantitative estimate of drug-likeness (QED) is 0.706. The zero-order valence-electron chi connectivity index (χ0n) is 11.5. The van der Waals surface area contributed by atoms with Crippen molar-refractivity contribution in [1.29, 1.82) is 0 Å². The van der Waals surface area contributed by atoms with Crippen LogP contribution in [0.3, 0.4) is 0 Å². The molecule has 0 saturated carbocycles. The molecule has 0 rings (SSSR count). The predicted molar refractivity (Wildman–Crippen MR) is 69.0 cm³/mol. The van der Waals surface area contributed by atoms with E-state index in [9.17, 15) is 0 Å². The van der Waals surface area contributed by atoms with Gasteiger partial charge in [0.25, 0.3) is 0 Å². The Hall–Kier alpha value is -0.0800. The summed E-state index contributed by atoms with van der Waals surface area (Å²) in [7, 11) is 2.22. The van der Waals surface area contributed by atoms with E-state index in [1.807, 2.05) is 0 Å². The van der Waals surface area contributed by atoms with Crippen molar-refractivity contribution in [2.75, 3.05) is 7.05 Å². The van der Waals surface area contributed by atoms with Gasteiger partial charge in [-0.2, -0.15) is 0 Å². The summed E-state index contributed by atoms with van der Waals surface area (Å²) in [5.74, 6) is 0.692. The van der Waals surface area contributed by atoms with Crippen LogP contribution in [0.15, 0.2) is 0 Å². The summed E-state index contributed by atoms with van der Waals surface area (Å²) in [4.78, 5) is 2.46. The smallest absolute Gasteiger partial charge is 0.0244 e. The molecule has 3 atom stereocenters. The number of likely N-dealkylation sites (N-methyl/N-ethyl adjacent to an activating group) is 1. The lowest BCUT2D eigenvalue weighted by Gasteiger charge is -2.38. The van der Waals surface area contributed by atoms with E-state index in [-0.39, 0.29) is 0 Å². The maximum absolute atomic E-state index is 6.24. The minimum Gasteiger partial charge on any atom is -0.326 e. The number of rotatable bonds is 7. The maximum Gasteiger partial charge on any atom is 0.0244 e. The molecule has 0 aromatic heterocycles. The normalized spacial score (nSPS) is 18.2. The first-order valence-electron chi connectivity index (χ1n) is 6.43. The Kier molecular flexibility index (Phi) is 7.20. The van der Waals surface area contributed by atoms with Crippen LogP contribution in [0, 0.1) is 5.92 Å². The fourth-order valence-corrected chi connectivity index (χ4v) is 2.19. The molecule has 0 aliphatic carbocycles. The van der Waals surface area contributed by atoms with Crippen molar-refractivity contribution >= 4 is 0 Å². The third kappa shape index (κ3) is 4.52. The summed E-state index contributed by atoms with van der Waals surface area (Å²) in [5.41, 5.74) is 6.24. The average Bonchev–Trinajstić information content (AvgIpc) is 2.17. The van der Waals surface area contributed by atoms with Crippen molar-refractivity contribution in [3.63, 3.8) is 0 Å². The standard InChI is InChI=1S/C13H30N2/c1-7-9-12(14)13(8-2)15(6)11(5)10(3)4/h10-13H,7-9,14H2,1-6H3. The van der Waals surface area contributed by atoms with Crippen molar-refractivity contribution in [3.05, 3.63) is 0 Å². The second-order valence-electron chi connectivity index (χ2n) is 5.08. The van der Waals surface area contributed by atoms with Gasteiger partial charge in [0.1, 0.15) is 0 Å². The molecule has 0 aliphatic rings. The fraction of sp³-hybridized carbons (Fsp3) is 1.00. The van der Waals surface area contributed by atoms with Crippen LogP contribution in [0.25, 0.3) is 0 Å². The molecule has 0 bridgehead atoms. The lowest BCUT2D eigenvalue weighted by molar-refractivity contribution is 0.122. The van der Waals surface area contributed by atoms with Crippen molar-refractivity contribution in [2.24, 2.45) is 11.7 Å². The van der Waals surface area contributed by atoms with E-state index in [0.717, 1.165) is 12.8 Å².